The molecule has 2 rings (SSSR count). The van der Waals surface area contributed by atoms with E-state index in [0.29, 0.717) is 22.9 Å². The molecule has 1 N–H and O–H groups in total. The maximum atomic E-state index is 11.2. The van der Waals surface area contributed by atoms with Gasteiger partial charge < -0.3 is 10.2 Å². The van der Waals surface area contributed by atoms with E-state index in [4.69, 9.17) is 0 Å². The smallest absolute Gasteiger partial charge is 0.312 e. The number of hydrogen-bond acceptors (Lipinski definition) is 5. The van der Waals surface area contributed by atoms with Gasteiger partial charge in [0.2, 0.25) is 5.82 Å². The highest BCUT2D eigenvalue weighted by Gasteiger charge is 2.23. The zero-order valence-corrected chi connectivity index (χ0v) is 13.1. The predicted molar refractivity (Wildman–Crippen MR) is 82.1 cm³/mol. The highest BCUT2D eigenvalue weighted by atomic mass is 79.9. The Balaban J connectivity index is 2.19. The second kappa shape index (κ2) is 6.99. The van der Waals surface area contributed by atoms with E-state index in [1.54, 1.807) is 6.20 Å². The van der Waals surface area contributed by atoms with Crippen molar-refractivity contribution >= 4 is 27.4 Å². The van der Waals surface area contributed by atoms with Gasteiger partial charge in [0.15, 0.2) is 0 Å². The second-order valence-corrected chi connectivity index (χ2v) is 5.85. The Hall–Kier alpha value is -1.21. The SMILES string of the molecule is CCN(CC1CCCCN1)c1ncc(Br)cc1[N+](=O)[O-]. The monoisotopic (exact) mass is 342 g/mol. The van der Waals surface area contributed by atoms with Crippen LogP contribution in [0.4, 0.5) is 11.5 Å². The molecule has 2 heterocycles. The van der Waals surface area contributed by atoms with Gasteiger partial charge in [0.1, 0.15) is 0 Å². The van der Waals surface area contributed by atoms with Crippen molar-refractivity contribution in [1.82, 2.24) is 10.3 Å². The molecule has 110 valence electrons. The summed E-state index contributed by atoms with van der Waals surface area (Å²) < 4.78 is 0.625. The lowest BCUT2D eigenvalue weighted by Gasteiger charge is -2.30. The first-order valence-corrected chi connectivity index (χ1v) is 7.69. The van der Waals surface area contributed by atoms with E-state index in [1.165, 1.54) is 18.9 Å². The Morgan fingerprint density at radius 3 is 3.00 bits per heavy atom. The van der Waals surface area contributed by atoms with Gasteiger partial charge in [-0.15, -0.1) is 0 Å². The van der Waals surface area contributed by atoms with Crippen LogP contribution in [0.25, 0.3) is 0 Å². The molecule has 20 heavy (non-hydrogen) atoms. The molecule has 1 fully saturated rings. The number of rotatable bonds is 5. The van der Waals surface area contributed by atoms with E-state index in [2.05, 4.69) is 26.2 Å². The van der Waals surface area contributed by atoms with Crippen LogP contribution in [0, 0.1) is 10.1 Å². The predicted octanol–water partition coefficient (Wildman–Crippen LogP) is 2.72. The van der Waals surface area contributed by atoms with Gasteiger partial charge in [-0.25, -0.2) is 4.98 Å². The normalized spacial score (nSPS) is 18.8. The summed E-state index contributed by atoms with van der Waals surface area (Å²) in [5.74, 6) is 0.452. The number of halogens is 1. The van der Waals surface area contributed by atoms with Gasteiger partial charge in [0, 0.05) is 35.9 Å². The Bertz CT molecular complexity index is 477. The first-order chi connectivity index (χ1) is 9.61. The fraction of sp³-hybridized carbons (Fsp3) is 0.615. The van der Waals surface area contributed by atoms with Crippen LogP contribution in [0.15, 0.2) is 16.7 Å². The maximum absolute atomic E-state index is 11.2. The average Bonchev–Trinajstić information content (AvgIpc) is 2.46. The summed E-state index contributed by atoms with van der Waals surface area (Å²) in [7, 11) is 0. The number of piperidine rings is 1. The number of aromatic nitrogens is 1. The van der Waals surface area contributed by atoms with Crippen LogP contribution < -0.4 is 10.2 Å². The molecule has 0 aromatic carbocycles. The van der Waals surface area contributed by atoms with Gasteiger partial charge in [-0.1, -0.05) is 6.42 Å². The summed E-state index contributed by atoms with van der Waals surface area (Å²) in [5, 5.41) is 14.7. The maximum Gasteiger partial charge on any atom is 0.312 e. The van der Waals surface area contributed by atoms with E-state index in [1.807, 2.05) is 11.8 Å². The topological polar surface area (TPSA) is 71.3 Å². The van der Waals surface area contributed by atoms with Crippen LogP contribution in [-0.4, -0.2) is 35.6 Å². The molecule has 1 aromatic heterocycles. The third-order valence-corrected chi connectivity index (χ3v) is 3.98. The summed E-state index contributed by atoms with van der Waals surface area (Å²) in [6.45, 7) is 4.48. The standard InChI is InChI=1S/C13H19BrN4O2/c1-2-17(9-11-5-3-4-6-15-11)13-12(18(19)20)7-10(14)8-16-13/h7-8,11,15H,2-6,9H2,1H3. The molecule has 1 aromatic rings. The number of anilines is 1. The molecule has 0 aliphatic carbocycles. The molecule has 6 nitrogen and oxygen atoms in total. The lowest BCUT2D eigenvalue weighted by atomic mass is 10.0. The largest absolute Gasteiger partial charge is 0.350 e. The Kier molecular flexibility index (Phi) is 5.31. The Morgan fingerprint density at radius 1 is 1.60 bits per heavy atom. The van der Waals surface area contributed by atoms with Gasteiger partial charge in [0.05, 0.1) is 4.92 Å². The van der Waals surface area contributed by atoms with Gasteiger partial charge in [0.25, 0.3) is 0 Å². The van der Waals surface area contributed by atoms with Crippen molar-refractivity contribution in [1.29, 1.82) is 0 Å². The zero-order chi connectivity index (χ0) is 14.5. The molecule has 1 saturated heterocycles. The van der Waals surface area contributed by atoms with E-state index >= 15 is 0 Å². The van der Waals surface area contributed by atoms with Crippen LogP contribution in [0.1, 0.15) is 26.2 Å². The third kappa shape index (κ3) is 3.67. The van der Waals surface area contributed by atoms with Crippen LogP contribution in [0.2, 0.25) is 0 Å². The van der Waals surface area contributed by atoms with E-state index in [0.717, 1.165) is 19.5 Å². The van der Waals surface area contributed by atoms with Crippen LogP contribution >= 0.6 is 15.9 Å². The van der Waals surface area contributed by atoms with Gasteiger partial charge in [-0.2, -0.15) is 0 Å². The zero-order valence-electron chi connectivity index (χ0n) is 11.5. The molecule has 0 spiro atoms. The molecular formula is C13H19BrN4O2. The number of hydrogen-bond donors (Lipinski definition) is 1. The minimum atomic E-state index is -0.371. The summed E-state index contributed by atoms with van der Waals surface area (Å²) in [6, 6.07) is 1.90. The van der Waals surface area contributed by atoms with Crippen LogP contribution in [0.3, 0.4) is 0 Å². The number of pyridine rings is 1. The summed E-state index contributed by atoms with van der Waals surface area (Å²) in [6.07, 6.45) is 5.14. The van der Waals surface area contributed by atoms with Crippen LogP contribution in [0.5, 0.6) is 0 Å². The fourth-order valence-electron chi connectivity index (χ4n) is 2.51. The first kappa shape index (κ1) is 15.2. The lowest BCUT2D eigenvalue weighted by Crippen LogP contribution is -2.44. The third-order valence-electron chi connectivity index (χ3n) is 3.54. The molecule has 7 heteroatoms. The molecule has 1 atom stereocenters. The van der Waals surface area contributed by atoms with Crippen molar-refractivity contribution in [2.45, 2.75) is 32.2 Å². The minimum absolute atomic E-state index is 0.0528. The van der Waals surface area contributed by atoms with E-state index in [-0.39, 0.29) is 10.6 Å². The van der Waals surface area contributed by atoms with E-state index < -0.39 is 0 Å². The first-order valence-electron chi connectivity index (χ1n) is 6.90. The average molecular weight is 343 g/mol. The Morgan fingerprint density at radius 2 is 2.40 bits per heavy atom. The van der Waals surface area contributed by atoms with Crippen molar-refractivity contribution in [3.05, 3.63) is 26.9 Å². The van der Waals surface area contributed by atoms with Crippen molar-refractivity contribution in [2.24, 2.45) is 0 Å². The number of nitrogens with zero attached hydrogens (tertiary/aromatic N) is 3. The summed E-state index contributed by atoms with van der Waals surface area (Å²) >= 11 is 3.24. The highest BCUT2D eigenvalue weighted by Crippen LogP contribution is 2.28. The summed E-state index contributed by atoms with van der Waals surface area (Å²) in [4.78, 5) is 17.0. The van der Waals surface area contributed by atoms with Crippen molar-refractivity contribution in [3.63, 3.8) is 0 Å². The number of nitro groups is 1. The summed E-state index contributed by atoms with van der Waals surface area (Å²) in [5.41, 5.74) is 0.0528. The van der Waals surface area contributed by atoms with Crippen molar-refractivity contribution in [3.8, 4) is 0 Å². The Labute approximate surface area is 126 Å². The van der Waals surface area contributed by atoms with Crippen molar-refractivity contribution < 1.29 is 4.92 Å². The van der Waals surface area contributed by atoms with Gasteiger partial charge in [-0.05, 0) is 42.2 Å². The van der Waals surface area contributed by atoms with E-state index in [9.17, 15) is 10.1 Å². The highest BCUT2D eigenvalue weighted by molar-refractivity contribution is 9.10. The molecule has 0 radical (unpaired) electrons. The van der Waals surface area contributed by atoms with Crippen LogP contribution in [-0.2, 0) is 0 Å². The van der Waals surface area contributed by atoms with Gasteiger partial charge >= 0.3 is 5.69 Å². The minimum Gasteiger partial charge on any atom is -0.350 e. The molecule has 0 bridgehead atoms. The van der Waals surface area contributed by atoms with Gasteiger partial charge in [-0.3, -0.25) is 10.1 Å². The molecule has 1 aliphatic heterocycles. The molecule has 0 amide bonds. The molecular weight excluding hydrogens is 324 g/mol. The molecule has 1 unspecified atom stereocenters. The number of likely N-dealkylation sites (N-methyl/N-ethyl adjacent to an activating group) is 1. The second-order valence-electron chi connectivity index (χ2n) is 4.94. The molecule has 0 saturated carbocycles. The molecule has 1 aliphatic rings. The number of nitrogens with one attached hydrogen (secondary N) is 1. The fourth-order valence-corrected chi connectivity index (χ4v) is 2.83. The van der Waals surface area contributed by atoms with Crippen molar-refractivity contribution in [2.75, 3.05) is 24.5 Å². The quantitative estimate of drug-likeness (QED) is 0.657. The lowest BCUT2D eigenvalue weighted by molar-refractivity contribution is -0.384.